The molecule has 0 unspecified atom stereocenters. The molecule has 1 saturated carbocycles. The predicted molar refractivity (Wildman–Crippen MR) is 68.1 cm³/mol. The molecule has 94 valence electrons. The van der Waals surface area contributed by atoms with Gasteiger partial charge in [0.25, 0.3) is 0 Å². The summed E-state index contributed by atoms with van der Waals surface area (Å²) in [5.74, 6) is 3.58. The average Bonchev–Trinajstić information content (AvgIpc) is 3.09. The van der Waals surface area contributed by atoms with Crippen LogP contribution in [0.3, 0.4) is 0 Å². The largest absolute Gasteiger partial charge is 0.220 e. The maximum atomic E-state index is 6.19. The van der Waals surface area contributed by atoms with Gasteiger partial charge in [0.05, 0.1) is 0 Å². The van der Waals surface area contributed by atoms with Crippen LogP contribution in [0.25, 0.3) is 5.82 Å². The Kier molecular flexibility index (Phi) is 2.59. The van der Waals surface area contributed by atoms with E-state index >= 15 is 0 Å². The monoisotopic (exact) mass is 263 g/mol. The number of hydrogen-bond acceptors (Lipinski definition) is 4. The molecule has 0 radical (unpaired) electrons. The summed E-state index contributed by atoms with van der Waals surface area (Å²) in [6.07, 6.45) is 2.29. The molecule has 0 atom stereocenters. The fourth-order valence-electron chi connectivity index (χ4n) is 1.95. The van der Waals surface area contributed by atoms with Gasteiger partial charge in [-0.3, -0.25) is 0 Å². The van der Waals surface area contributed by atoms with Crippen molar-refractivity contribution in [2.24, 2.45) is 0 Å². The predicted octanol–water partition coefficient (Wildman–Crippen LogP) is 2.51. The van der Waals surface area contributed by atoms with Crippen LogP contribution in [-0.4, -0.2) is 24.7 Å². The first-order valence-corrected chi connectivity index (χ1v) is 6.38. The molecule has 2 aromatic heterocycles. The first kappa shape index (κ1) is 11.6. The second kappa shape index (κ2) is 4.02. The third-order valence-corrected chi connectivity index (χ3v) is 3.46. The lowest BCUT2D eigenvalue weighted by molar-refractivity contribution is 0.770. The Bertz CT molecular complexity index is 615. The van der Waals surface area contributed by atoms with Gasteiger partial charge in [0, 0.05) is 11.5 Å². The molecule has 0 aliphatic heterocycles. The zero-order chi connectivity index (χ0) is 12.9. The van der Waals surface area contributed by atoms with Crippen molar-refractivity contribution in [3.05, 3.63) is 28.2 Å². The average molecular weight is 264 g/mol. The highest BCUT2D eigenvalue weighted by atomic mass is 35.5. The van der Waals surface area contributed by atoms with E-state index < -0.39 is 0 Å². The molecular weight excluding hydrogens is 250 g/mol. The first-order chi connectivity index (χ1) is 8.56. The van der Waals surface area contributed by atoms with Gasteiger partial charge in [-0.25, -0.2) is 15.0 Å². The molecule has 2 aromatic rings. The third-order valence-electron chi connectivity index (χ3n) is 3.10. The molecule has 1 aliphatic carbocycles. The maximum Gasteiger partial charge on any atom is 0.163 e. The van der Waals surface area contributed by atoms with E-state index in [0.29, 0.717) is 11.1 Å². The van der Waals surface area contributed by atoms with Crippen LogP contribution >= 0.6 is 11.6 Å². The Morgan fingerprint density at radius 3 is 2.39 bits per heavy atom. The molecular formula is C12H14ClN5. The molecule has 0 aromatic carbocycles. The molecule has 2 heterocycles. The lowest BCUT2D eigenvalue weighted by atomic mass is 10.3. The molecule has 1 aliphatic rings. The van der Waals surface area contributed by atoms with Crippen molar-refractivity contribution in [3.8, 4) is 5.82 Å². The third kappa shape index (κ3) is 1.88. The SMILES string of the molecule is Cc1nc(C)n(-c2nc(C3CC3)nc(Cl)c2C)n1. The minimum Gasteiger partial charge on any atom is -0.220 e. The smallest absolute Gasteiger partial charge is 0.163 e. The zero-order valence-corrected chi connectivity index (χ0v) is 11.4. The van der Waals surface area contributed by atoms with Crippen LogP contribution in [0.15, 0.2) is 0 Å². The van der Waals surface area contributed by atoms with E-state index in [0.717, 1.165) is 41.7 Å². The van der Waals surface area contributed by atoms with Crippen molar-refractivity contribution >= 4 is 11.6 Å². The van der Waals surface area contributed by atoms with E-state index in [2.05, 4.69) is 20.1 Å². The minimum absolute atomic E-state index is 0.465. The number of halogens is 1. The molecule has 0 bridgehead atoms. The second-order valence-corrected chi connectivity index (χ2v) is 5.07. The van der Waals surface area contributed by atoms with Crippen LogP contribution in [0, 0.1) is 20.8 Å². The van der Waals surface area contributed by atoms with Crippen molar-refractivity contribution in [2.75, 3.05) is 0 Å². The molecule has 6 heteroatoms. The van der Waals surface area contributed by atoms with E-state index in [1.165, 1.54) is 0 Å². The van der Waals surface area contributed by atoms with Gasteiger partial charge in [0.1, 0.15) is 22.6 Å². The van der Waals surface area contributed by atoms with Crippen LogP contribution < -0.4 is 0 Å². The highest BCUT2D eigenvalue weighted by Gasteiger charge is 2.28. The van der Waals surface area contributed by atoms with Crippen LogP contribution in [0.2, 0.25) is 5.15 Å². The molecule has 0 amide bonds. The van der Waals surface area contributed by atoms with Crippen LogP contribution in [0.4, 0.5) is 0 Å². The Labute approximate surface area is 110 Å². The van der Waals surface area contributed by atoms with Crippen LogP contribution in [-0.2, 0) is 0 Å². The van der Waals surface area contributed by atoms with E-state index in [1.54, 1.807) is 4.68 Å². The molecule has 18 heavy (non-hydrogen) atoms. The fraction of sp³-hybridized carbons (Fsp3) is 0.500. The molecule has 0 saturated heterocycles. The maximum absolute atomic E-state index is 6.19. The highest BCUT2D eigenvalue weighted by Crippen LogP contribution is 2.39. The number of aryl methyl sites for hydroxylation is 2. The minimum atomic E-state index is 0.465. The van der Waals surface area contributed by atoms with Crippen molar-refractivity contribution in [1.29, 1.82) is 0 Å². The van der Waals surface area contributed by atoms with Crippen LogP contribution in [0.5, 0.6) is 0 Å². The Morgan fingerprint density at radius 1 is 1.11 bits per heavy atom. The summed E-state index contributed by atoms with van der Waals surface area (Å²) in [4.78, 5) is 13.3. The quantitative estimate of drug-likeness (QED) is 0.781. The first-order valence-electron chi connectivity index (χ1n) is 6.01. The summed E-state index contributed by atoms with van der Waals surface area (Å²) in [5.41, 5.74) is 0.842. The lowest BCUT2D eigenvalue weighted by Crippen LogP contribution is -2.09. The van der Waals surface area contributed by atoms with Gasteiger partial charge in [-0.2, -0.15) is 4.68 Å². The van der Waals surface area contributed by atoms with Crippen LogP contribution in [0.1, 0.15) is 41.8 Å². The van der Waals surface area contributed by atoms with Gasteiger partial charge in [-0.05, 0) is 33.6 Å². The van der Waals surface area contributed by atoms with Gasteiger partial charge < -0.3 is 0 Å². The van der Waals surface area contributed by atoms with Gasteiger partial charge >= 0.3 is 0 Å². The molecule has 5 nitrogen and oxygen atoms in total. The Hall–Kier alpha value is -1.49. The van der Waals surface area contributed by atoms with Gasteiger partial charge in [0.2, 0.25) is 0 Å². The summed E-state index contributed by atoms with van der Waals surface area (Å²) in [6, 6.07) is 0. The van der Waals surface area contributed by atoms with Gasteiger partial charge in [-0.1, -0.05) is 11.6 Å². The summed E-state index contributed by atoms with van der Waals surface area (Å²) >= 11 is 6.19. The molecule has 0 N–H and O–H groups in total. The van der Waals surface area contributed by atoms with Crippen molar-refractivity contribution in [3.63, 3.8) is 0 Å². The summed E-state index contributed by atoms with van der Waals surface area (Å²) in [7, 11) is 0. The van der Waals surface area contributed by atoms with E-state index in [1.807, 2.05) is 20.8 Å². The number of hydrogen-bond donors (Lipinski definition) is 0. The summed E-state index contributed by atoms with van der Waals surface area (Å²) in [6.45, 7) is 5.68. The fourth-order valence-corrected chi connectivity index (χ4v) is 2.12. The van der Waals surface area contributed by atoms with E-state index in [-0.39, 0.29) is 0 Å². The molecule has 3 rings (SSSR count). The number of rotatable bonds is 2. The zero-order valence-electron chi connectivity index (χ0n) is 10.6. The van der Waals surface area contributed by atoms with Crippen molar-refractivity contribution < 1.29 is 0 Å². The van der Waals surface area contributed by atoms with Crippen molar-refractivity contribution in [2.45, 2.75) is 39.5 Å². The Balaban J connectivity index is 2.18. The van der Waals surface area contributed by atoms with Gasteiger partial charge in [-0.15, -0.1) is 5.10 Å². The highest BCUT2D eigenvalue weighted by molar-refractivity contribution is 6.30. The summed E-state index contributed by atoms with van der Waals surface area (Å²) in [5, 5.41) is 4.87. The van der Waals surface area contributed by atoms with E-state index in [9.17, 15) is 0 Å². The molecule has 1 fully saturated rings. The normalized spacial score (nSPS) is 15.1. The van der Waals surface area contributed by atoms with Gasteiger partial charge in [0.15, 0.2) is 5.82 Å². The number of aromatic nitrogens is 5. The Morgan fingerprint density at radius 2 is 1.83 bits per heavy atom. The number of nitrogens with zero attached hydrogens (tertiary/aromatic N) is 5. The van der Waals surface area contributed by atoms with E-state index in [4.69, 9.17) is 11.6 Å². The summed E-state index contributed by atoms with van der Waals surface area (Å²) < 4.78 is 1.74. The van der Waals surface area contributed by atoms with Crippen molar-refractivity contribution in [1.82, 2.24) is 24.7 Å². The molecule has 0 spiro atoms. The lowest BCUT2D eigenvalue weighted by Gasteiger charge is -2.09. The topological polar surface area (TPSA) is 56.5 Å². The standard InChI is InChI=1S/C12H14ClN5/c1-6-10(13)15-11(9-4-5-9)16-12(6)18-8(3)14-7(2)17-18/h9H,4-5H2,1-3H3. The second-order valence-electron chi connectivity index (χ2n) is 4.71.